The Balaban J connectivity index is 1.02. The normalized spacial score (nSPS) is 11.3. The zero-order valence-corrected chi connectivity index (χ0v) is 55.5. The molecule has 18 aromatic rings. The predicted molar refractivity (Wildman–Crippen MR) is 422 cm³/mol. The maximum absolute atomic E-state index is 12.4. The smallest absolute Gasteiger partial charge is 0.138 e. The van der Waals surface area contributed by atoms with Gasteiger partial charge < -0.3 is 4.57 Å². The molecule has 0 radical (unpaired) electrons. The van der Waals surface area contributed by atoms with E-state index in [1.54, 1.807) is 0 Å². The number of nitriles is 2. The van der Waals surface area contributed by atoms with Crippen LogP contribution in [0.2, 0.25) is 0 Å². The topological polar surface area (TPSA) is 70.3 Å². The van der Waals surface area contributed by atoms with Crippen molar-refractivity contribution in [1.82, 2.24) is 14.1 Å². The van der Waals surface area contributed by atoms with Crippen LogP contribution in [0.25, 0.3) is 178 Å². The molecular formula is C97H61N5. The Morgan fingerprint density at radius 1 is 0.206 bits per heavy atom. The lowest BCUT2D eigenvalue weighted by molar-refractivity contribution is 1.08. The second-order valence-corrected chi connectivity index (χ2v) is 25.8. The molecule has 0 aliphatic rings. The van der Waals surface area contributed by atoms with Gasteiger partial charge in [-0.3, -0.25) is 4.57 Å². The van der Waals surface area contributed by atoms with Gasteiger partial charge in [-0.2, -0.15) is 10.5 Å². The Labute approximate surface area is 591 Å². The van der Waals surface area contributed by atoms with E-state index in [1.165, 1.54) is 10.8 Å². The maximum Gasteiger partial charge on any atom is 0.138 e. The fraction of sp³-hybridized carbons (Fsp3) is 0. The lowest BCUT2D eigenvalue weighted by atomic mass is 9.75. The molecule has 3 aromatic heterocycles. The van der Waals surface area contributed by atoms with E-state index in [2.05, 4.69) is 361 Å². The van der Waals surface area contributed by atoms with Crippen molar-refractivity contribution in [3.8, 4) is 146 Å². The zero-order valence-electron chi connectivity index (χ0n) is 55.5. The molecule has 15 aromatic carbocycles. The van der Waals surface area contributed by atoms with Gasteiger partial charge >= 0.3 is 0 Å². The van der Waals surface area contributed by atoms with Crippen molar-refractivity contribution in [2.24, 2.45) is 0 Å². The monoisotopic (exact) mass is 1300 g/mol. The van der Waals surface area contributed by atoms with Gasteiger partial charge in [0.2, 0.25) is 0 Å². The largest absolute Gasteiger partial charge is 0.309 e. The number of aromatic nitrogens is 3. The molecular weight excluding hydrogens is 1240 g/mol. The minimum Gasteiger partial charge on any atom is -0.309 e. The Kier molecular flexibility index (Phi) is 15.3. The van der Waals surface area contributed by atoms with Crippen LogP contribution in [0.15, 0.2) is 370 Å². The number of pyridine rings is 1. The third-order valence-corrected chi connectivity index (χ3v) is 20.0. The van der Waals surface area contributed by atoms with E-state index in [0.29, 0.717) is 22.6 Å². The first-order valence-electron chi connectivity index (χ1n) is 34.5. The molecule has 3 heterocycles. The van der Waals surface area contributed by atoms with Crippen LogP contribution in [0.4, 0.5) is 0 Å². The predicted octanol–water partition coefficient (Wildman–Crippen LogP) is 25.4. The van der Waals surface area contributed by atoms with Crippen LogP contribution in [-0.4, -0.2) is 14.1 Å². The summed E-state index contributed by atoms with van der Waals surface area (Å²) in [6.45, 7) is 0. The van der Waals surface area contributed by atoms with Crippen LogP contribution in [0.3, 0.4) is 0 Å². The maximum atomic E-state index is 12.4. The highest BCUT2D eigenvalue weighted by atomic mass is 15.1. The average Bonchev–Trinajstić information content (AvgIpc) is 0.968. The lowest BCUT2D eigenvalue weighted by Gasteiger charge is -2.28. The second kappa shape index (κ2) is 25.8. The average molecular weight is 1300 g/mol. The Morgan fingerprint density at radius 3 is 0.853 bits per heavy atom. The van der Waals surface area contributed by atoms with E-state index in [-0.39, 0.29) is 0 Å². The summed E-state index contributed by atoms with van der Waals surface area (Å²) < 4.78 is 4.69. The van der Waals surface area contributed by atoms with Gasteiger partial charge in [-0.05, 0) is 144 Å². The fourth-order valence-corrected chi connectivity index (χ4v) is 15.7. The molecule has 0 saturated carbocycles. The summed E-state index contributed by atoms with van der Waals surface area (Å²) in [5.74, 6) is 0.645. The summed E-state index contributed by atoms with van der Waals surface area (Å²) >= 11 is 0. The van der Waals surface area contributed by atoms with Gasteiger partial charge in [0.05, 0.1) is 38.9 Å². The molecule has 0 aliphatic carbocycles. The molecule has 0 bridgehead atoms. The van der Waals surface area contributed by atoms with Gasteiger partial charge in [0.25, 0.3) is 0 Å². The molecule has 474 valence electrons. The zero-order chi connectivity index (χ0) is 68.0. The summed E-state index contributed by atoms with van der Waals surface area (Å²) in [6, 6.07) is 136. The van der Waals surface area contributed by atoms with Crippen LogP contribution in [0.1, 0.15) is 11.1 Å². The number of nitrogens with zero attached hydrogens (tertiary/aromatic N) is 5. The highest BCUT2D eigenvalue weighted by Crippen LogP contribution is 2.57. The summed E-state index contributed by atoms with van der Waals surface area (Å²) in [7, 11) is 0. The van der Waals surface area contributed by atoms with Gasteiger partial charge in [-0.15, -0.1) is 0 Å². The molecule has 5 heteroatoms. The summed E-state index contributed by atoms with van der Waals surface area (Å²) in [5.41, 5.74) is 25.9. The van der Waals surface area contributed by atoms with Crippen molar-refractivity contribution in [2.45, 2.75) is 0 Å². The molecule has 102 heavy (non-hydrogen) atoms. The van der Waals surface area contributed by atoms with Crippen LogP contribution in [0.5, 0.6) is 0 Å². The minimum atomic E-state index is 0.516. The molecule has 0 amide bonds. The lowest BCUT2D eigenvalue weighted by Crippen LogP contribution is -2.06. The number of fused-ring (bicyclic) bond motifs is 6. The molecule has 18 rings (SSSR count). The highest BCUT2D eigenvalue weighted by Gasteiger charge is 2.33. The third-order valence-electron chi connectivity index (χ3n) is 20.0. The fourth-order valence-electron chi connectivity index (χ4n) is 15.7. The van der Waals surface area contributed by atoms with Crippen molar-refractivity contribution >= 4 is 43.6 Å². The van der Waals surface area contributed by atoms with E-state index >= 15 is 0 Å². The number of rotatable bonds is 13. The van der Waals surface area contributed by atoms with E-state index in [1.807, 2.05) is 30.3 Å². The van der Waals surface area contributed by atoms with E-state index in [4.69, 9.17) is 4.98 Å². The van der Waals surface area contributed by atoms with Crippen molar-refractivity contribution in [3.63, 3.8) is 0 Å². The number of para-hydroxylation sites is 3. The minimum absolute atomic E-state index is 0.516. The number of benzene rings is 15. The van der Waals surface area contributed by atoms with Crippen molar-refractivity contribution in [3.05, 3.63) is 381 Å². The summed E-state index contributed by atoms with van der Waals surface area (Å²) in [4.78, 5) is 6.21. The first-order valence-corrected chi connectivity index (χ1v) is 34.5. The van der Waals surface area contributed by atoms with Gasteiger partial charge in [0.15, 0.2) is 0 Å². The van der Waals surface area contributed by atoms with Crippen LogP contribution in [-0.2, 0) is 0 Å². The molecule has 0 saturated heterocycles. The Hall–Kier alpha value is -14.0. The second-order valence-electron chi connectivity index (χ2n) is 25.8. The van der Waals surface area contributed by atoms with Crippen LogP contribution >= 0.6 is 0 Å². The molecule has 0 fully saturated rings. The van der Waals surface area contributed by atoms with Gasteiger partial charge in [-0.25, -0.2) is 4.98 Å². The van der Waals surface area contributed by atoms with Gasteiger partial charge in [-0.1, -0.05) is 309 Å². The van der Waals surface area contributed by atoms with Gasteiger partial charge in [0.1, 0.15) is 18.0 Å². The molecule has 0 unspecified atom stereocenters. The first kappa shape index (κ1) is 60.4. The van der Waals surface area contributed by atoms with Crippen molar-refractivity contribution < 1.29 is 0 Å². The van der Waals surface area contributed by atoms with E-state index in [0.717, 1.165) is 155 Å². The molecule has 5 nitrogen and oxygen atoms in total. The number of hydrogen-bond acceptors (Lipinski definition) is 3. The number of hydrogen-bond donors (Lipinski definition) is 0. The summed E-state index contributed by atoms with van der Waals surface area (Å²) in [6.07, 6.45) is 0. The standard InChI is InChI=1S/C97H61N5/c98-62-80-88(64-32-10-1-11-33-64)92(68-40-18-5-19-41-68)94(70-44-22-7-23-45-70)96(90(80)66-36-14-3-15-37-66)74-60-82(97-91(67-38-16-4-17-39-67)81(63-99)89(65-34-12-2-13-35-65)93(69-42-20-6-21-43-69)95(97)71-46-24-8-25-47-71)100-87(61-74)102-84-53-31-29-51-77(84)79-59-73(55-57-86(79)102)72-54-56-85-78(58-72)76-50-28-30-52-83(76)101(85)75-48-26-9-27-49-75/h1-61H. The quantitative estimate of drug-likeness (QED) is 0.115. The van der Waals surface area contributed by atoms with E-state index < -0.39 is 0 Å². The van der Waals surface area contributed by atoms with Gasteiger partial charge in [0, 0.05) is 60.6 Å². The molecule has 0 atom stereocenters. The first-order chi connectivity index (χ1) is 50.6. The Morgan fingerprint density at radius 2 is 0.480 bits per heavy atom. The van der Waals surface area contributed by atoms with Crippen molar-refractivity contribution in [2.75, 3.05) is 0 Å². The van der Waals surface area contributed by atoms with E-state index in [9.17, 15) is 10.5 Å². The molecule has 0 aliphatic heterocycles. The molecule has 0 spiro atoms. The Bertz CT molecular complexity index is 6070. The summed E-state index contributed by atoms with van der Waals surface area (Å²) in [5, 5.41) is 29.3. The highest BCUT2D eigenvalue weighted by molar-refractivity contribution is 6.16. The van der Waals surface area contributed by atoms with Crippen LogP contribution < -0.4 is 0 Å². The third kappa shape index (κ3) is 10.3. The van der Waals surface area contributed by atoms with Crippen LogP contribution in [0, 0.1) is 22.7 Å². The molecule has 0 N–H and O–H groups in total. The van der Waals surface area contributed by atoms with Crippen molar-refractivity contribution in [1.29, 1.82) is 10.5 Å². The SMILES string of the molecule is N#Cc1c(-c2ccccc2)c(-c2ccccc2)c(-c2ccccc2)c(-c2cc(-c3c(-c4ccccc4)c(C#N)c(-c4ccccc4)c(-c4ccccc4)c3-c3ccccc3)nc(-n3c4ccccc4c4cc(-c5ccc6c(c5)c5ccccc5n6-c5ccccc5)ccc43)c2)c1-c1ccccc1.